The van der Waals surface area contributed by atoms with Crippen LogP contribution in [0, 0.1) is 13.8 Å². The summed E-state index contributed by atoms with van der Waals surface area (Å²) in [6.07, 6.45) is 6.01. The zero-order valence-electron chi connectivity index (χ0n) is 22.9. The van der Waals surface area contributed by atoms with Gasteiger partial charge < -0.3 is 0 Å². The summed E-state index contributed by atoms with van der Waals surface area (Å²) < 4.78 is 0. The first-order valence-electron chi connectivity index (χ1n) is 13.6. The Morgan fingerprint density at radius 1 is 0.500 bits per heavy atom. The van der Waals surface area contributed by atoms with Gasteiger partial charge in [-0.05, 0) is 48.9 Å². The molecule has 5 rings (SSSR count). The molecule has 2 heteroatoms. The highest BCUT2D eigenvalue weighted by Gasteiger charge is 2.10. The maximum atomic E-state index is 12.8. The van der Waals surface area contributed by atoms with Crippen LogP contribution in [0.1, 0.15) is 65.2 Å². The van der Waals surface area contributed by atoms with Gasteiger partial charge in [-0.25, -0.2) is 0 Å². The molecule has 0 bridgehead atoms. The molecule has 0 saturated heterocycles. The number of rotatable bonds is 9. The van der Waals surface area contributed by atoms with E-state index in [1.54, 1.807) is 0 Å². The van der Waals surface area contributed by atoms with Gasteiger partial charge in [0.2, 0.25) is 0 Å². The van der Waals surface area contributed by atoms with Crippen LogP contribution in [0.3, 0.4) is 0 Å². The van der Waals surface area contributed by atoms with Crippen molar-refractivity contribution in [2.45, 2.75) is 26.7 Å². The van der Waals surface area contributed by atoms with E-state index < -0.39 is 0 Å². The number of ketones is 2. The summed E-state index contributed by atoms with van der Waals surface area (Å²) in [6.45, 7) is 4.03. The van der Waals surface area contributed by atoms with Gasteiger partial charge in [-0.3, -0.25) is 9.59 Å². The molecule has 0 unspecified atom stereocenters. The van der Waals surface area contributed by atoms with Crippen LogP contribution in [0.2, 0.25) is 0 Å². The van der Waals surface area contributed by atoms with Crippen LogP contribution in [0.4, 0.5) is 0 Å². The zero-order chi connectivity index (χ0) is 27.9. The second-order valence-electron chi connectivity index (χ2n) is 10.2. The zero-order valence-corrected chi connectivity index (χ0v) is 22.9. The van der Waals surface area contributed by atoms with Crippen LogP contribution in [-0.4, -0.2) is 11.6 Å². The average Bonchev–Trinajstić information content (AvgIpc) is 3.00. The van der Waals surface area contributed by atoms with Crippen LogP contribution >= 0.6 is 0 Å². The number of hydrogen-bond donors (Lipinski definition) is 0. The summed E-state index contributed by atoms with van der Waals surface area (Å²) in [5.74, 6) is 0.0861. The molecule has 0 radical (unpaired) electrons. The second-order valence-corrected chi connectivity index (χ2v) is 10.2. The topological polar surface area (TPSA) is 34.1 Å². The molecule has 0 aromatic heterocycles. The maximum absolute atomic E-state index is 12.8. The minimum Gasteiger partial charge on any atom is -0.289 e. The molecule has 0 amide bonds. The monoisotopic (exact) mass is 520 g/mol. The number of hydrogen-bond acceptors (Lipinski definition) is 2. The van der Waals surface area contributed by atoms with Gasteiger partial charge in [0.05, 0.1) is 0 Å². The van der Waals surface area contributed by atoms with Crippen molar-refractivity contribution in [2.75, 3.05) is 0 Å². The Hall–Kier alpha value is -4.82. The average molecular weight is 521 g/mol. The fourth-order valence-corrected chi connectivity index (χ4v) is 4.70. The molecule has 40 heavy (non-hydrogen) atoms. The first-order chi connectivity index (χ1) is 19.5. The van der Waals surface area contributed by atoms with E-state index in [9.17, 15) is 9.59 Å². The first kappa shape index (κ1) is 26.8. The van der Waals surface area contributed by atoms with Crippen LogP contribution in [0.15, 0.2) is 121 Å². The van der Waals surface area contributed by atoms with Crippen molar-refractivity contribution in [3.63, 3.8) is 0 Å². The Morgan fingerprint density at radius 2 is 0.950 bits per heavy atom. The molecule has 0 N–H and O–H groups in total. The number of aryl methyl sites for hydroxylation is 4. The highest BCUT2D eigenvalue weighted by Crippen LogP contribution is 2.19. The van der Waals surface area contributed by atoms with Crippen molar-refractivity contribution >= 4 is 23.7 Å². The SMILES string of the molecule is Cc1ccc(C(=O)c2ccc(C=Cc3ccccc3CCc3ccc(C(=O)c4ccc(C)cc4)cc3)cc2)cc1. The fraction of sp³-hybridized carbons (Fsp3) is 0.105. The normalized spacial score (nSPS) is 11.1. The van der Waals surface area contributed by atoms with E-state index in [4.69, 9.17) is 0 Å². The number of carbonyl (C=O) groups excluding carboxylic acids is 2. The number of carbonyl (C=O) groups is 2. The van der Waals surface area contributed by atoms with E-state index in [0.717, 1.165) is 29.5 Å². The van der Waals surface area contributed by atoms with Gasteiger partial charge in [-0.15, -0.1) is 0 Å². The Bertz CT molecular complexity index is 1640. The molecule has 0 heterocycles. The van der Waals surface area contributed by atoms with Crippen LogP contribution in [0.25, 0.3) is 12.2 Å². The van der Waals surface area contributed by atoms with E-state index in [1.165, 1.54) is 16.7 Å². The van der Waals surface area contributed by atoms with E-state index >= 15 is 0 Å². The van der Waals surface area contributed by atoms with Gasteiger partial charge in [0.1, 0.15) is 0 Å². The Labute approximate surface area is 236 Å². The minimum atomic E-state index is 0.0356. The van der Waals surface area contributed by atoms with Gasteiger partial charge in [0, 0.05) is 22.3 Å². The summed E-state index contributed by atoms with van der Waals surface area (Å²) >= 11 is 0. The predicted octanol–water partition coefficient (Wildman–Crippen LogP) is 8.72. The summed E-state index contributed by atoms with van der Waals surface area (Å²) in [5.41, 5.74) is 9.79. The second kappa shape index (κ2) is 12.4. The standard InChI is InChI=1S/C38H32O2/c1-27-7-17-33(18-8-27)37(39)35-23-13-29(14-24-35)11-21-31-5-3-4-6-32(31)22-12-30-15-25-36(26-16-30)38(40)34-19-9-28(2)10-20-34/h3-11,13-21,23-26H,12,22H2,1-2H3. The van der Waals surface area contributed by atoms with Gasteiger partial charge in [-0.1, -0.05) is 145 Å². The van der Waals surface area contributed by atoms with Crippen molar-refractivity contribution in [3.05, 3.63) is 177 Å². The third-order valence-corrected chi connectivity index (χ3v) is 7.21. The third-order valence-electron chi connectivity index (χ3n) is 7.21. The molecule has 2 nitrogen and oxygen atoms in total. The lowest BCUT2D eigenvalue weighted by molar-refractivity contribution is 0.103. The van der Waals surface area contributed by atoms with Crippen molar-refractivity contribution in [1.82, 2.24) is 0 Å². The predicted molar refractivity (Wildman–Crippen MR) is 165 cm³/mol. The summed E-state index contributed by atoms with van der Waals surface area (Å²) in [4.78, 5) is 25.6. The molecule has 0 aliphatic carbocycles. The highest BCUT2D eigenvalue weighted by molar-refractivity contribution is 6.09. The molecule has 196 valence electrons. The highest BCUT2D eigenvalue weighted by atomic mass is 16.1. The van der Waals surface area contributed by atoms with Crippen LogP contribution < -0.4 is 0 Å². The molecule has 0 fully saturated rings. The Kier molecular flexibility index (Phi) is 8.27. The van der Waals surface area contributed by atoms with Crippen LogP contribution in [-0.2, 0) is 12.8 Å². The molecule has 5 aromatic carbocycles. The summed E-state index contributed by atoms with van der Waals surface area (Å²) in [7, 11) is 0. The lowest BCUT2D eigenvalue weighted by Gasteiger charge is -2.08. The molecular formula is C38H32O2. The van der Waals surface area contributed by atoms with Crippen molar-refractivity contribution in [3.8, 4) is 0 Å². The molecular weight excluding hydrogens is 488 g/mol. The molecule has 0 spiro atoms. The lowest BCUT2D eigenvalue weighted by atomic mass is 9.97. The van der Waals surface area contributed by atoms with Gasteiger partial charge in [0.25, 0.3) is 0 Å². The molecule has 0 aliphatic rings. The van der Waals surface area contributed by atoms with E-state index in [-0.39, 0.29) is 11.6 Å². The van der Waals surface area contributed by atoms with E-state index in [0.29, 0.717) is 22.3 Å². The van der Waals surface area contributed by atoms with Gasteiger partial charge in [-0.2, -0.15) is 0 Å². The molecule has 0 saturated carbocycles. The molecule has 0 atom stereocenters. The van der Waals surface area contributed by atoms with Crippen molar-refractivity contribution in [2.24, 2.45) is 0 Å². The smallest absolute Gasteiger partial charge is 0.193 e. The molecule has 0 aliphatic heterocycles. The van der Waals surface area contributed by atoms with E-state index in [1.807, 2.05) is 98.8 Å². The van der Waals surface area contributed by atoms with Gasteiger partial charge >= 0.3 is 0 Å². The third kappa shape index (κ3) is 6.59. The van der Waals surface area contributed by atoms with Gasteiger partial charge in [0.15, 0.2) is 11.6 Å². The van der Waals surface area contributed by atoms with Crippen molar-refractivity contribution in [1.29, 1.82) is 0 Å². The summed E-state index contributed by atoms with van der Waals surface area (Å²) in [5, 5.41) is 0. The largest absolute Gasteiger partial charge is 0.289 e. The first-order valence-corrected chi connectivity index (χ1v) is 13.6. The fourth-order valence-electron chi connectivity index (χ4n) is 4.70. The summed E-state index contributed by atoms with van der Waals surface area (Å²) in [6, 6.07) is 39.5. The lowest BCUT2D eigenvalue weighted by Crippen LogP contribution is -2.01. The Balaban J connectivity index is 1.22. The van der Waals surface area contributed by atoms with Crippen LogP contribution in [0.5, 0.6) is 0 Å². The maximum Gasteiger partial charge on any atom is 0.193 e. The minimum absolute atomic E-state index is 0.0356. The number of benzene rings is 5. The van der Waals surface area contributed by atoms with Crippen molar-refractivity contribution < 1.29 is 9.59 Å². The van der Waals surface area contributed by atoms with E-state index in [2.05, 4.69) is 48.6 Å². The molecule has 5 aromatic rings. The quantitative estimate of drug-likeness (QED) is 0.144. The Morgan fingerprint density at radius 3 is 1.48 bits per heavy atom.